The van der Waals surface area contributed by atoms with Crippen molar-refractivity contribution in [1.82, 2.24) is 0 Å². The summed E-state index contributed by atoms with van der Waals surface area (Å²) in [5.74, 6) is 1.00. The van der Waals surface area contributed by atoms with Crippen LogP contribution in [-0.2, 0) is 6.18 Å². The molecule has 0 aromatic heterocycles. The molecule has 3 aliphatic carbocycles. The van der Waals surface area contributed by atoms with Crippen LogP contribution in [0.3, 0.4) is 0 Å². The van der Waals surface area contributed by atoms with Gasteiger partial charge in [-0.25, -0.2) is 4.39 Å². The Bertz CT molecular complexity index is 889. The minimum Gasteiger partial charge on any atom is -0.493 e. The van der Waals surface area contributed by atoms with E-state index in [2.05, 4.69) is 25.7 Å². The summed E-state index contributed by atoms with van der Waals surface area (Å²) in [5, 5.41) is 0. The Morgan fingerprint density at radius 1 is 0.917 bits per heavy atom. The summed E-state index contributed by atoms with van der Waals surface area (Å²) >= 11 is 0. The molecule has 2 fully saturated rings. The number of hydrogen-bond acceptors (Lipinski definition) is 1. The van der Waals surface area contributed by atoms with Gasteiger partial charge in [0.15, 0.2) is 0 Å². The molecule has 1 aromatic carbocycles. The summed E-state index contributed by atoms with van der Waals surface area (Å²) < 4.78 is 63.1. The van der Waals surface area contributed by atoms with Gasteiger partial charge in [-0.2, -0.15) is 13.2 Å². The van der Waals surface area contributed by atoms with E-state index in [-0.39, 0.29) is 29.8 Å². The highest BCUT2D eigenvalue weighted by Gasteiger charge is 2.41. The molecule has 2 saturated carbocycles. The lowest BCUT2D eigenvalue weighted by atomic mass is 9.70. The number of ether oxygens (including phenoxy) is 1. The van der Waals surface area contributed by atoms with E-state index in [1.807, 2.05) is 6.08 Å². The Morgan fingerprint density at radius 3 is 2.22 bits per heavy atom. The van der Waals surface area contributed by atoms with E-state index in [1.165, 1.54) is 18.9 Å². The standard InChI is InChI=1S/C31H42F4O/c1-3-4-5-22-8-10-23(11-9-22)20-36-28-19-18-27(30(32)29(28)31(33,34)35)26-16-14-25(15-17-26)24-12-6-21(2)7-13-24/h3,6,12,18-19,21-26H,1,4-5,7-11,13-17,20H2,2H3. The maximum Gasteiger partial charge on any atom is 0.422 e. The highest BCUT2D eigenvalue weighted by molar-refractivity contribution is 5.42. The first-order valence-corrected chi connectivity index (χ1v) is 14.1. The van der Waals surface area contributed by atoms with Gasteiger partial charge < -0.3 is 4.74 Å². The quantitative estimate of drug-likeness (QED) is 0.252. The van der Waals surface area contributed by atoms with Gasteiger partial charge in [-0.3, -0.25) is 0 Å². The fourth-order valence-electron chi connectivity index (χ4n) is 6.75. The molecule has 4 rings (SSSR count). The Kier molecular flexibility index (Phi) is 9.22. The van der Waals surface area contributed by atoms with Crippen molar-refractivity contribution in [2.75, 3.05) is 6.61 Å². The molecule has 0 radical (unpaired) electrons. The van der Waals surface area contributed by atoms with Crippen LogP contribution in [0.2, 0.25) is 0 Å². The number of alkyl halides is 3. The third kappa shape index (κ3) is 6.75. The molecule has 0 heterocycles. The number of benzene rings is 1. The summed E-state index contributed by atoms with van der Waals surface area (Å²) in [6.07, 6.45) is 13.7. The molecule has 1 aromatic rings. The van der Waals surface area contributed by atoms with Gasteiger partial charge in [-0.1, -0.05) is 44.1 Å². The normalized spacial score (nSPS) is 31.2. The van der Waals surface area contributed by atoms with Crippen molar-refractivity contribution in [2.24, 2.45) is 29.6 Å². The molecule has 5 heteroatoms. The SMILES string of the molecule is C=CCCC1CCC(COc2ccc(C3CCC(C4C=CC(C)CC4)CC3)c(F)c2C(F)(F)F)CC1. The molecule has 0 N–H and O–H groups in total. The van der Waals surface area contributed by atoms with Crippen LogP contribution >= 0.6 is 0 Å². The lowest BCUT2D eigenvalue weighted by Gasteiger charge is -2.35. The van der Waals surface area contributed by atoms with Crippen molar-refractivity contribution in [3.05, 3.63) is 53.9 Å². The second kappa shape index (κ2) is 12.2. The zero-order valence-electron chi connectivity index (χ0n) is 21.7. The Labute approximate surface area is 214 Å². The fraction of sp³-hybridized carbons (Fsp3) is 0.677. The number of halogens is 4. The third-order valence-corrected chi connectivity index (χ3v) is 9.10. The highest BCUT2D eigenvalue weighted by Crippen LogP contribution is 2.46. The van der Waals surface area contributed by atoms with Crippen molar-refractivity contribution < 1.29 is 22.3 Å². The second-order valence-electron chi connectivity index (χ2n) is 11.6. The van der Waals surface area contributed by atoms with Gasteiger partial charge in [0.25, 0.3) is 0 Å². The molecular formula is C31H42F4O. The van der Waals surface area contributed by atoms with E-state index in [0.717, 1.165) is 64.2 Å². The smallest absolute Gasteiger partial charge is 0.422 e. The van der Waals surface area contributed by atoms with Crippen molar-refractivity contribution in [3.63, 3.8) is 0 Å². The molecular weight excluding hydrogens is 464 g/mol. The average Bonchev–Trinajstić information content (AvgIpc) is 2.87. The van der Waals surface area contributed by atoms with Gasteiger partial charge in [-0.05, 0) is 111 Å². The molecule has 2 atom stereocenters. The van der Waals surface area contributed by atoms with Crippen LogP contribution in [0, 0.1) is 35.4 Å². The molecule has 0 amide bonds. The lowest BCUT2D eigenvalue weighted by Crippen LogP contribution is -2.24. The van der Waals surface area contributed by atoms with Gasteiger partial charge in [0.1, 0.15) is 17.1 Å². The second-order valence-corrected chi connectivity index (χ2v) is 11.6. The van der Waals surface area contributed by atoms with Crippen LogP contribution in [0.1, 0.15) is 101 Å². The fourth-order valence-corrected chi connectivity index (χ4v) is 6.75. The molecule has 3 aliphatic rings. The van der Waals surface area contributed by atoms with Gasteiger partial charge in [-0.15, -0.1) is 6.58 Å². The molecule has 2 unspecified atom stereocenters. The van der Waals surface area contributed by atoms with Gasteiger partial charge in [0.05, 0.1) is 6.61 Å². The Morgan fingerprint density at radius 2 is 1.61 bits per heavy atom. The minimum absolute atomic E-state index is 0.159. The number of rotatable bonds is 8. The summed E-state index contributed by atoms with van der Waals surface area (Å²) in [7, 11) is 0. The molecule has 0 spiro atoms. The van der Waals surface area contributed by atoms with Crippen LogP contribution in [0.25, 0.3) is 0 Å². The number of allylic oxidation sites excluding steroid dienone is 3. The van der Waals surface area contributed by atoms with Crippen LogP contribution < -0.4 is 4.74 Å². The summed E-state index contributed by atoms with van der Waals surface area (Å²) in [5.41, 5.74) is -1.00. The molecule has 200 valence electrons. The van der Waals surface area contributed by atoms with E-state index in [9.17, 15) is 13.2 Å². The van der Waals surface area contributed by atoms with Crippen LogP contribution in [0.15, 0.2) is 36.9 Å². The van der Waals surface area contributed by atoms with E-state index >= 15 is 4.39 Å². The summed E-state index contributed by atoms with van der Waals surface area (Å²) in [6.45, 7) is 6.22. The number of hydrogen-bond donors (Lipinski definition) is 0. The zero-order valence-corrected chi connectivity index (χ0v) is 21.7. The molecule has 0 saturated heterocycles. The molecule has 36 heavy (non-hydrogen) atoms. The largest absolute Gasteiger partial charge is 0.493 e. The van der Waals surface area contributed by atoms with E-state index in [4.69, 9.17) is 4.74 Å². The molecule has 0 aliphatic heterocycles. The van der Waals surface area contributed by atoms with E-state index in [0.29, 0.717) is 23.7 Å². The van der Waals surface area contributed by atoms with Gasteiger partial charge >= 0.3 is 6.18 Å². The lowest BCUT2D eigenvalue weighted by molar-refractivity contribution is -0.141. The highest BCUT2D eigenvalue weighted by atomic mass is 19.4. The maximum atomic E-state index is 15.4. The summed E-state index contributed by atoms with van der Waals surface area (Å²) in [6, 6.07) is 2.92. The van der Waals surface area contributed by atoms with Crippen molar-refractivity contribution in [2.45, 2.75) is 96.1 Å². The zero-order chi connectivity index (χ0) is 25.7. The Hall–Kier alpha value is -1.78. The van der Waals surface area contributed by atoms with Gasteiger partial charge in [0.2, 0.25) is 0 Å². The predicted octanol–water partition coefficient (Wildman–Crippen LogP) is 9.87. The van der Waals surface area contributed by atoms with Crippen molar-refractivity contribution >= 4 is 0 Å². The molecule has 0 bridgehead atoms. The first-order chi connectivity index (χ1) is 17.3. The first-order valence-electron chi connectivity index (χ1n) is 14.1. The minimum atomic E-state index is -4.78. The summed E-state index contributed by atoms with van der Waals surface area (Å²) in [4.78, 5) is 0. The van der Waals surface area contributed by atoms with Gasteiger partial charge in [0, 0.05) is 0 Å². The average molecular weight is 507 g/mol. The topological polar surface area (TPSA) is 9.23 Å². The van der Waals surface area contributed by atoms with E-state index in [1.54, 1.807) is 6.07 Å². The van der Waals surface area contributed by atoms with Crippen molar-refractivity contribution in [1.29, 1.82) is 0 Å². The maximum absolute atomic E-state index is 15.4. The van der Waals surface area contributed by atoms with Crippen LogP contribution in [0.4, 0.5) is 17.6 Å². The molecule has 1 nitrogen and oxygen atoms in total. The van der Waals surface area contributed by atoms with Crippen molar-refractivity contribution in [3.8, 4) is 5.75 Å². The van der Waals surface area contributed by atoms with Crippen LogP contribution in [0.5, 0.6) is 5.75 Å². The monoisotopic (exact) mass is 506 g/mol. The third-order valence-electron chi connectivity index (χ3n) is 9.10. The predicted molar refractivity (Wildman–Crippen MR) is 138 cm³/mol. The first kappa shape index (κ1) is 27.3. The van der Waals surface area contributed by atoms with E-state index < -0.39 is 17.6 Å². The van der Waals surface area contributed by atoms with Crippen LogP contribution in [-0.4, -0.2) is 6.61 Å². The Balaban J connectivity index is 1.38.